The topological polar surface area (TPSA) is 38.3 Å². The number of carbonyl (C=O) groups excluding carboxylic acids is 1. The zero-order chi connectivity index (χ0) is 11.4. The quantitative estimate of drug-likeness (QED) is 0.748. The van der Waals surface area contributed by atoms with E-state index in [0.29, 0.717) is 18.6 Å². The predicted molar refractivity (Wildman–Crippen MR) is 63.1 cm³/mol. The summed E-state index contributed by atoms with van der Waals surface area (Å²) in [7, 11) is 0. The number of hydrogen-bond donors (Lipinski definition) is 1. The molecule has 1 N–H and O–H groups in total. The highest BCUT2D eigenvalue weighted by molar-refractivity contribution is 5.73. The molecule has 2 rings (SSSR count). The van der Waals surface area contributed by atoms with Crippen LogP contribution in [0.3, 0.4) is 0 Å². The zero-order valence-electron chi connectivity index (χ0n) is 10.2. The normalized spacial score (nSPS) is 31.6. The Morgan fingerprint density at radius 1 is 1.25 bits per heavy atom. The van der Waals surface area contributed by atoms with Gasteiger partial charge in [-0.05, 0) is 38.6 Å². The van der Waals surface area contributed by atoms with Gasteiger partial charge in [-0.2, -0.15) is 0 Å². The van der Waals surface area contributed by atoms with Crippen molar-refractivity contribution in [3.8, 4) is 0 Å². The molecule has 2 atom stereocenters. The summed E-state index contributed by atoms with van der Waals surface area (Å²) >= 11 is 0. The molecule has 2 fully saturated rings. The zero-order valence-corrected chi connectivity index (χ0v) is 10.2. The van der Waals surface area contributed by atoms with Crippen LogP contribution in [0.5, 0.6) is 0 Å². The highest BCUT2D eigenvalue weighted by Gasteiger charge is 2.38. The standard InChI is InChI=1S/C13H23NO2/c1-2-16-13(15)11-8-9-14-12(11)10-6-4-3-5-7-10/h10-12,14H,2-9H2,1H3/t11-,12-/m0/s1. The van der Waals surface area contributed by atoms with Gasteiger partial charge in [-0.3, -0.25) is 4.79 Å². The number of esters is 1. The highest BCUT2D eigenvalue weighted by Crippen LogP contribution is 2.33. The molecule has 0 amide bonds. The Kier molecular flexibility index (Phi) is 4.22. The van der Waals surface area contributed by atoms with Crippen LogP contribution in [0.15, 0.2) is 0 Å². The first-order chi connectivity index (χ1) is 7.83. The molecule has 1 saturated carbocycles. The average molecular weight is 225 g/mol. The predicted octanol–water partition coefficient (Wildman–Crippen LogP) is 2.11. The molecule has 0 aromatic carbocycles. The van der Waals surface area contributed by atoms with Gasteiger partial charge < -0.3 is 10.1 Å². The summed E-state index contributed by atoms with van der Waals surface area (Å²) in [6.45, 7) is 3.37. The van der Waals surface area contributed by atoms with E-state index < -0.39 is 0 Å². The van der Waals surface area contributed by atoms with Crippen molar-refractivity contribution in [3.05, 3.63) is 0 Å². The maximum Gasteiger partial charge on any atom is 0.310 e. The molecule has 1 aliphatic heterocycles. The van der Waals surface area contributed by atoms with Gasteiger partial charge in [-0.25, -0.2) is 0 Å². The first-order valence-corrected chi connectivity index (χ1v) is 6.73. The van der Waals surface area contributed by atoms with Gasteiger partial charge in [-0.1, -0.05) is 19.3 Å². The van der Waals surface area contributed by atoms with E-state index in [2.05, 4.69) is 5.32 Å². The number of rotatable bonds is 3. The van der Waals surface area contributed by atoms with Gasteiger partial charge in [0, 0.05) is 6.04 Å². The second-order valence-electron chi connectivity index (χ2n) is 5.03. The van der Waals surface area contributed by atoms with Gasteiger partial charge in [0.2, 0.25) is 0 Å². The van der Waals surface area contributed by atoms with Crippen LogP contribution in [0, 0.1) is 11.8 Å². The highest BCUT2D eigenvalue weighted by atomic mass is 16.5. The molecule has 0 bridgehead atoms. The van der Waals surface area contributed by atoms with Crippen LogP contribution >= 0.6 is 0 Å². The summed E-state index contributed by atoms with van der Waals surface area (Å²) in [5.41, 5.74) is 0. The van der Waals surface area contributed by atoms with Gasteiger partial charge in [0.25, 0.3) is 0 Å². The molecule has 1 heterocycles. The van der Waals surface area contributed by atoms with Crippen molar-refractivity contribution < 1.29 is 9.53 Å². The molecule has 3 nitrogen and oxygen atoms in total. The summed E-state index contributed by atoms with van der Waals surface area (Å²) in [5.74, 6) is 0.830. The van der Waals surface area contributed by atoms with Gasteiger partial charge in [0.1, 0.15) is 0 Å². The number of nitrogens with one attached hydrogen (secondary N) is 1. The van der Waals surface area contributed by atoms with Crippen molar-refractivity contribution in [2.45, 2.75) is 51.5 Å². The number of carbonyl (C=O) groups is 1. The van der Waals surface area contributed by atoms with E-state index in [0.717, 1.165) is 13.0 Å². The summed E-state index contributed by atoms with van der Waals surface area (Å²) in [5, 5.41) is 3.51. The second kappa shape index (κ2) is 5.67. The van der Waals surface area contributed by atoms with E-state index in [1.807, 2.05) is 6.92 Å². The molecule has 0 radical (unpaired) electrons. The van der Waals surface area contributed by atoms with Crippen LogP contribution in [0.4, 0.5) is 0 Å². The molecule has 0 aromatic heterocycles. The van der Waals surface area contributed by atoms with Gasteiger partial charge >= 0.3 is 5.97 Å². The lowest BCUT2D eigenvalue weighted by Crippen LogP contribution is -2.39. The monoisotopic (exact) mass is 225 g/mol. The Morgan fingerprint density at radius 3 is 2.69 bits per heavy atom. The molecular weight excluding hydrogens is 202 g/mol. The summed E-state index contributed by atoms with van der Waals surface area (Å²) in [6, 6.07) is 0.388. The lowest BCUT2D eigenvalue weighted by atomic mass is 9.79. The maximum atomic E-state index is 11.8. The van der Waals surface area contributed by atoms with E-state index >= 15 is 0 Å². The van der Waals surface area contributed by atoms with Crippen LogP contribution < -0.4 is 5.32 Å². The van der Waals surface area contributed by atoms with Crippen LogP contribution in [-0.4, -0.2) is 25.2 Å². The van der Waals surface area contributed by atoms with Crippen molar-refractivity contribution in [2.24, 2.45) is 11.8 Å². The van der Waals surface area contributed by atoms with Crippen molar-refractivity contribution in [1.29, 1.82) is 0 Å². The Balaban J connectivity index is 1.93. The third-order valence-electron chi connectivity index (χ3n) is 4.02. The van der Waals surface area contributed by atoms with E-state index in [1.54, 1.807) is 0 Å². The molecule has 16 heavy (non-hydrogen) atoms. The van der Waals surface area contributed by atoms with Crippen LogP contribution in [-0.2, 0) is 9.53 Å². The molecule has 0 aromatic rings. The maximum absolute atomic E-state index is 11.8. The summed E-state index contributed by atoms with van der Waals surface area (Å²) in [6.07, 6.45) is 7.56. The third kappa shape index (κ3) is 2.57. The smallest absolute Gasteiger partial charge is 0.310 e. The molecule has 0 spiro atoms. The largest absolute Gasteiger partial charge is 0.466 e. The van der Waals surface area contributed by atoms with Crippen molar-refractivity contribution in [3.63, 3.8) is 0 Å². The minimum absolute atomic E-state index is 0.0167. The molecule has 92 valence electrons. The number of hydrogen-bond acceptors (Lipinski definition) is 3. The van der Waals surface area contributed by atoms with Gasteiger partial charge in [0.15, 0.2) is 0 Å². The van der Waals surface area contributed by atoms with Crippen LogP contribution in [0.1, 0.15) is 45.4 Å². The molecule has 3 heteroatoms. The first-order valence-electron chi connectivity index (χ1n) is 6.73. The van der Waals surface area contributed by atoms with Gasteiger partial charge in [0.05, 0.1) is 12.5 Å². The fraction of sp³-hybridized carbons (Fsp3) is 0.923. The van der Waals surface area contributed by atoms with Gasteiger partial charge in [-0.15, -0.1) is 0 Å². The first kappa shape index (κ1) is 11.9. The fourth-order valence-electron chi connectivity index (χ4n) is 3.23. The SMILES string of the molecule is CCOC(=O)[C@H]1CCN[C@H]1C1CCCCC1. The lowest BCUT2D eigenvalue weighted by molar-refractivity contribution is -0.148. The molecule has 1 saturated heterocycles. The molecular formula is C13H23NO2. The Bertz CT molecular complexity index is 236. The third-order valence-corrected chi connectivity index (χ3v) is 4.02. The fourth-order valence-corrected chi connectivity index (χ4v) is 3.23. The minimum Gasteiger partial charge on any atom is -0.466 e. The van der Waals surface area contributed by atoms with Crippen molar-refractivity contribution in [1.82, 2.24) is 5.32 Å². The Labute approximate surface area is 97.9 Å². The Hall–Kier alpha value is -0.570. The van der Waals surface area contributed by atoms with E-state index in [-0.39, 0.29) is 11.9 Å². The lowest BCUT2D eigenvalue weighted by Gasteiger charge is -2.30. The summed E-state index contributed by atoms with van der Waals surface area (Å²) in [4.78, 5) is 11.8. The second-order valence-corrected chi connectivity index (χ2v) is 5.03. The molecule has 1 aliphatic carbocycles. The van der Waals surface area contributed by atoms with E-state index in [1.165, 1.54) is 32.1 Å². The molecule has 2 aliphatic rings. The van der Waals surface area contributed by atoms with E-state index in [9.17, 15) is 4.79 Å². The summed E-state index contributed by atoms with van der Waals surface area (Å²) < 4.78 is 5.17. The van der Waals surface area contributed by atoms with Crippen LogP contribution in [0.2, 0.25) is 0 Å². The van der Waals surface area contributed by atoms with Crippen molar-refractivity contribution in [2.75, 3.05) is 13.2 Å². The average Bonchev–Trinajstić information content (AvgIpc) is 2.79. The Morgan fingerprint density at radius 2 is 2.00 bits per heavy atom. The van der Waals surface area contributed by atoms with Crippen molar-refractivity contribution >= 4 is 5.97 Å². The van der Waals surface area contributed by atoms with Crippen LogP contribution in [0.25, 0.3) is 0 Å². The minimum atomic E-state index is 0.0167. The number of ether oxygens (including phenoxy) is 1. The molecule has 0 unspecified atom stereocenters. The van der Waals surface area contributed by atoms with E-state index in [4.69, 9.17) is 4.74 Å².